The number of nitrogens with two attached hydrogens (primary N) is 1. The molecule has 2 rings (SSSR count). The average molecular weight is 287 g/mol. The summed E-state index contributed by atoms with van der Waals surface area (Å²) in [5.74, 6) is 0. The third-order valence-corrected chi connectivity index (χ3v) is 2.82. The van der Waals surface area contributed by atoms with Crippen LogP contribution in [0, 0.1) is 3.57 Å². The number of rotatable bonds is 0. The molecule has 2 N–H and O–H groups in total. The molecule has 1 heterocycles. The second-order valence-electron chi connectivity index (χ2n) is 2.61. The number of hydrogen-bond donors (Lipinski definition) is 1. The van der Waals surface area contributed by atoms with E-state index in [4.69, 9.17) is 10.2 Å². The summed E-state index contributed by atoms with van der Waals surface area (Å²) >= 11 is 1.89. The fraction of sp³-hybridized carbons (Fsp3) is 0. The van der Waals surface area contributed by atoms with Crippen LogP contribution in [0.4, 0.5) is 5.69 Å². The summed E-state index contributed by atoms with van der Waals surface area (Å²) in [7, 11) is 0. The molecule has 66 valence electrons. The first-order chi connectivity index (χ1) is 6.20. The third-order valence-electron chi connectivity index (χ3n) is 1.80. The van der Waals surface area contributed by atoms with Crippen molar-refractivity contribution < 1.29 is 4.42 Å². The van der Waals surface area contributed by atoms with Crippen molar-refractivity contribution in [2.75, 3.05) is 5.73 Å². The summed E-state index contributed by atoms with van der Waals surface area (Å²) in [5, 5.41) is 0.784. The molecule has 0 spiro atoms. The van der Waals surface area contributed by atoms with Gasteiger partial charge in [-0.3, -0.25) is 0 Å². The number of para-hydroxylation sites is 1. The fourth-order valence-electron chi connectivity index (χ4n) is 1.15. The zero-order chi connectivity index (χ0) is 9.42. The number of halogens is 1. The van der Waals surface area contributed by atoms with Gasteiger partial charge < -0.3 is 10.2 Å². The summed E-state index contributed by atoms with van der Waals surface area (Å²) in [6.07, 6.45) is 0. The van der Waals surface area contributed by atoms with Gasteiger partial charge in [-0.25, -0.2) is 4.79 Å². The van der Waals surface area contributed by atoms with Crippen LogP contribution in [0.25, 0.3) is 11.0 Å². The predicted octanol–water partition coefficient (Wildman–Crippen LogP) is 1.98. The minimum Gasteiger partial charge on any atom is -0.422 e. The summed E-state index contributed by atoms with van der Waals surface area (Å²) in [5.41, 5.74) is 6.40. The van der Waals surface area contributed by atoms with Crippen LogP contribution in [0.5, 0.6) is 0 Å². The van der Waals surface area contributed by atoms with Crippen LogP contribution in [0.2, 0.25) is 0 Å². The number of fused-ring (bicyclic) bond motifs is 1. The molecule has 1 aromatic carbocycles. The van der Waals surface area contributed by atoms with Gasteiger partial charge in [0.1, 0.15) is 9.15 Å². The Bertz CT molecular complexity index is 518. The molecular formula is C9H6INO2. The standard InChI is InChI=1S/C9H6INO2/c10-7-8(11)5-3-1-2-4-6(5)13-9(7)12/h1-4H,11H2. The van der Waals surface area contributed by atoms with Gasteiger partial charge in [-0.2, -0.15) is 0 Å². The molecule has 2 aromatic rings. The lowest BCUT2D eigenvalue weighted by Crippen LogP contribution is -2.07. The topological polar surface area (TPSA) is 56.2 Å². The van der Waals surface area contributed by atoms with E-state index in [0.717, 1.165) is 5.39 Å². The zero-order valence-corrected chi connectivity index (χ0v) is 8.74. The Morgan fingerprint density at radius 3 is 2.77 bits per heavy atom. The molecule has 0 atom stereocenters. The fourth-order valence-corrected chi connectivity index (χ4v) is 1.55. The van der Waals surface area contributed by atoms with Crippen molar-refractivity contribution in [1.82, 2.24) is 0 Å². The summed E-state index contributed by atoms with van der Waals surface area (Å²) in [4.78, 5) is 11.2. The largest absolute Gasteiger partial charge is 0.422 e. The van der Waals surface area contributed by atoms with Crippen LogP contribution in [0.1, 0.15) is 0 Å². The molecule has 3 nitrogen and oxygen atoms in total. The average Bonchev–Trinajstić information content (AvgIpc) is 2.15. The second-order valence-corrected chi connectivity index (χ2v) is 3.69. The Labute approximate surface area is 87.7 Å². The van der Waals surface area contributed by atoms with E-state index in [2.05, 4.69) is 0 Å². The van der Waals surface area contributed by atoms with Gasteiger partial charge in [0, 0.05) is 5.39 Å². The Morgan fingerprint density at radius 2 is 2.00 bits per heavy atom. The number of benzene rings is 1. The van der Waals surface area contributed by atoms with Crippen molar-refractivity contribution >= 4 is 39.2 Å². The quantitative estimate of drug-likeness (QED) is 0.595. The van der Waals surface area contributed by atoms with Gasteiger partial charge >= 0.3 is 5.63 Å². The molecule has 0 bridgehead atoms. The molecule has 0 fully saturated rings. The van der Waals surface area contributed by atoms with Gasteiger partial charge in [-0.1, -0.05) is 12.1 Å². The molecule has 4 heteroatoms. The van der Waals surface area contributed by atoms with E-state index in [-0.39, 0.29) is 5.63 Å². The van der Waals surface area contributed by atoms with Gasteiger partial charge in [-0.15, -0.1) is 0 Å². The lowest BCUT2D eigenvalue weighted by atomic mass is 10.2. The summed E-state index contributed by atoms with van der Waals surface area (Å²) < 4.78 is 5.47. The van der Waals surface area contributed by atoms with Gasteiger partial charge in [-0.05, 0) is 34.7 Å². The predicted molar refractivity (Wildman–Crippen MR) is 59.6 cm³/mol. The first-order valence-corrected chi connectivity index (χ1v) is 4.75. The van der Waals surface area contributed by atoms with Crippen molar-refractivity contribution in [2.24, 2.45) is 0 Å². The van der Waals surface area contributed by atoms with Gasteiger partial charge in [0.25, 0.3) is 0 Å². The highest BCUT2D eigenvalue weighted by Crippen LogP contribution is 2.22. The molecule has 0 aliphatic rings. The Balaban J connectivity index is 3.02. The molecule has 0 amide bonds. The van der Waals surface area contributed by atoms with Crippen molar-refractivity contribution in [1.29, 1.82) is 0 Å². The van der Waals surface area contributed by atoms with Crippen LogP contribution in [0.15, 0.2) is 33.5 Å². The van der Waals surface area contributed by atoms with E-state index in [1.54, 1.807) is 12.1 Å². The van der Waals surface area contributed by atoms with Gasteiger partial charge in [0.15, 0.2) is 0 Å². The minimum absolute atomic E-state index is 0.378. The smallest absolute Gasteiger partial charge is 0.351 e. The maximum absolute atomic E-state index is 11.2. The molecule has 13 heavy (non-hydrogen) atoms. The van der Waals surface area contributed by atoms with Crippen molar-refractivity contribution in [3.63, 3.8) is 0 Å². The molecule has 0 unspecified atom stereocenters. The highest BCUT2D eigenvalue weighted by Gasteiger charge is 2.07. The lowest BCUT2D eigenvalue weighted by molar-refractivity contribution is 0.557. The SMILES string of the molecule is Nc1c(I)c(=O)oc2ccccc12. The monoisotopic (exact) mass is 287 g/mol. The first-order valence-electron chi connectivity index (χ1n) is 3.67. The normalized spacial score (nSPS) is 10.5. The summed E-state index contributed by atoms with van der Waals surface area (Å²) in [6, 6.07) is 7.21. The molecule has 0 radical (unpaired) electrons. The third kappa shape index (κ3) is 1.31. The van der Waals surface area contributed by atoms with Gasteiger partial charge in [0.2, 0.25) is 0 Å². The molecule has 0 aliphatic heterocycles. The van der Waals surface area contributed by atoms with Crippen molar-refractivity contribution in [2.45, 2.75) is 0 Å². The summed E-state index contributed by atoms with van der Waals surface area (Å²) in [6.45, 7) is 0. The molecule has 1 aromatic heterocycles. The van der Waals surface area contributed by atoms with Crippen molar-refractivity contribution in [3.8, 4) is 0 Å². The number of nitrogen functional groups attached to an aromatic ring is 1. The number of hydrogen-bond acceptors (Lipinski definition) is 3. The Morgan fingerprint density at radius 1 is 1.31 bits per heavy atom. The van der Waals surface area contributed by atoms with E-state index in [1.807, 2.05) is 34.7 Å². The minimum atomic E-state index is -0.378. The maximum Gasteiger partial charge on any atom is 0.351 e. The van der Waals surface area contributed by atoms with Crippen LogP contribution in [-0.2, 0) is 0 Å². The first kappa shape index (κ1) is 8.55. The molecule has 0 saturated heterocycles. The van der Waals surface area contributed by atoms with E-state index in [9.17, 15) is 4.79 Å². The maximum atomic E-state index is 11.2. The molecular weight excluding hydrogens is 281 g/mol. The zero-order valence-electron chi connectivity index (χ0n) is 6.58. The lowest BCUT2D eigenvalue weighted by Gasteiger charge is -2.00. The van der Waals surface area contributed by atoms with Crippen LogP contribution >= 0.6 is 22.6 Å². The van der Waals surface area contributed by atoms with E-state index in [1.165, 1.54) is 0 Å². The van der Waals surface area contributed by atoms with Crippen LogP contribution < -0.4 is 11.4 Å². The highest BCUT2D eigenvalue weighted by atomic mass is 127. The highest BCUT2D eigenvalue weighted by molar-refractivity contribution is 14.1. The van der Waals surface area contributed by atoms with E-state index in [0.29, 0.717) is 14.8 Å². The van der Waals surface area contributed by atoms with E-state index >= 15 is 0 Å². The van der Waals surface area contributed by atoms with Crippen LogP contribution in [0.3, 0.4) is 0 Å². The molecule has 0 aliphatic carbocycles. The number of anilines is 1. The van der Waals surface area contributed by atoms with Gasteiger partial charge in [0.05, 0.1) is 5.69 Å². The Kier molecular flexibility index (Phi) is 1.99. The molecule has 0 saturated carbocycles. The van der Waals surface area contributed by atoms with Crippen molar-refractivity contribution in [3.05, 3.63) is 38.3 Å². The van der Waals surface area contributed by atoms with E-state index < -0.39 is 0 Å². The van der Waals surface area contributed by atoms with Crippen LogP contribution in [-0.4, -0.2) is 0 Å². The second kappa shape index (κ2) is 3.02. The Hall–Kier alpha value is -1.04.